The highest BCUT2D eigenvalue weighted by Crippen LogP contribution is 2.18. The second-order valence-electron chi connectivity index (χ2n) is 3.83. The van der Waals surface area contributed by atoms with Crippen LogP contribution >= 0.6 is 0 Å². The predicted molar refractivity (Wildman–Crippen MR) is 60.6 cm³/mol. The first-order chi connectivity index (χ1) is 7.04. The van der Waals surface area contributed by atoms with Gasteiger partial charge in [0.05, 0.1) is 0 Å². The normalized spacial score (nSPS) is 13.1. The van der Waals surface area contributed by atoms with Gasteiger partial charge in [0.15, 0.2) is 5.82 Å². The highest BCUT2D eigenvalue weighted by molar-refractivity contribution is 5.31. The second-order valence-corrected chi connectivity index (χ2v) is 3.83. The third-order valence-corrected chi connectivity index (χ3v) is 2.15. The Labute approximate surface area is 90.9 Å². The lowest BCUT2D eigenvalue weighted by molar-refractivity contribution is 0.0699. The maximum absolute atomic E-state index is 5.72. The van der Waals surface area contributed by atoms with E-state index in [1.807, 2.05) is 19.9 Å². The van der Waals surface area contributed by atoms with Crippen LogP contribution in [0.4, 0.5) is 5.82 Å². The molecule has 0 aliphatic heterocycles. The SMILES string of the molecule is CCOC(C)c1nc(N)cc(C(C)C)n1. The van der Waals surface area contributed by atoms with Crippen LogP contribution < -0.4 is 5.73 Å². The molecule has 0 aliphatic rings. The molecule has 15 heavy (non-hydrogen) atoms. The zero-order chi connectivity index (χ0) is 11.4. The number of aromatic nitrogens is 2. The molecule has 0 fully saturated rings. The van der Waals surface area contributed by atoms with E-state index in [1.54, 1.807) is 0 Å². The lowest BCUT2D eigenvalue weighted by Gasteiger charge is -2.13. The molecule has 4 heteroatoms. The summed E-state index contributed by atoms with van der Waals surface area (Å²) in [7, 11) is 0. The van der Waals surface area contributed by atoms with Gasteiger partial charge in [0.2, 0.25) is 0 Å². The molecule has 1 heterocycles. The van der Waals surface area contributed by atoms with Crippen molar-refractivity contribution in [3.05, 3.63) is 17.6 Å². The van der Waals surface area contributed by atoms with Crippen LogP contribution in [0.2, 0.25) is 0 Å². The minimum Gasteiger partial charge on any atom is -0.384 e. The minimum atomic E-state index is -0.101. The molecular formula is C11H19N3O. The maximum Gasteiger partial charge on any atom is 0.159 e. The van der Waals surface area contributed by atoms with Crippen LogP contribution in [-0.2, 0) is 4.74 Å². The number of nitrogens with two attached hydrogens (primary N) is 1. The van der Waals surface area contributed by atoms with Gasteiger partial charge < -0.3 is 10.5 Å². The molecule has 1 rings (SSSR count). The van der Waals surface area contributed by atoms with Crippen LogP contribution in [0.15, 0.2) is 6.07 Å². The van der Waals surface area contributed by atoms with Gasteiger partial charge in [-0.05, 0) is 19.8 Å². The standard InChI is InChI=1S/C11H19N3O/c1-5-15-8(4)11-13-9(7(2)3)6-10(12)14-11/h6-8H,5H2,1-4H3,(H2,12,13,14). The van der Waals surface area contributed by atoms with E-state index in [4.69, 9.17) is 10.5 Å². The number of hydrogen-bond donors (Lipinski definition) is 1. The third-order valence-electron chi connectivity index (χ3n) is 2.15. The van der Waals surface area contributed by atoms with Gasteiger partial charge >= 0.3 is 0 Å². The lowest BCUT2D eigenvalue weighted by Crippen LogP contribution is -2.09. The molecule has 1 atom stereocenters. The van der Waals surface area contributed by atoms with Crippen molar-refractivity contribution in [3.63, 3.8) is 0 Å². The highest BCUT2D eigenvalue weighted by atomic mass is 16.5. The lowest BCUT2D eigenvalue weighted by atomic mass is 10.1. The van der Waals surface area contributed by atoms with Crippen molar-refractivity contribution in [2.75, 3.05) is 12.3 Å². The Balaban J connectivity index is 2.98. The molecule has 0 radical (unpaired) electrons. The zero-order valence-electron chi connectivity index (χ0n) is 9.82. The Bertz CT molecular complexity index is 326. The summed E-state index contributed by atoms with van der Waals surface area (Å²) >= 11 is 0. The molecule has 1 aromatic rings. The van der Waals surface area contributed by atoms with Gasteiger partial charge in [-0.15, -0.1) is 0 Å². The Morgan fingerprint density at radius 3 is 2.53 bits per heavy atom. The fraction of sp³-hybridized carbons (Fsp3) is 0.636. The highest BCUT2D eigenvalue weighted by Gasteiger charge is 2.12. The molecule has 1 unspecified atom stereocenters. The minimum absolute atomic E-state index is 0.101. The number of nitrogen functional groups attached to an aromatic ring is 1. The quantitative estimate of drug-likeness (QED) is 0.826. The van der Waals surface area contributed by atoms with Gasteiger partial charge in [-0.25, -0.2) is 9.97 Å². The first-order valence-electron chi connectivity index (χ1n) is 5.30. The number of anilines is 1. The smallest absolute Gasteiger partial charge is 0.159 e. The molecular weight excluding hydrogens is 190 g/mol. The topological polar surface area (TPSA) is 61.0 Å². The second kappa shape index (κ2) is 5.07. The summed E-state index contributed by atoms with van der Waals surface area (Å²) in [5.41, 5.74) is 6.69. The molecule has 0 saturated carbocycles. The Morgan fingerprint density at radius 2 is 2.00 bits per heavy atom. The van der Waals surface area contributed by atoms with E-state index in [-0.39, 0.29) is 6.10 Å². The van der Waals surface area contributed by atoms with E-state index in [0.717, 1.165) is 5.69 Å². The molecule has 0 spiro atoms. The van der Waals surface area contributed by atoms with Gasteiger partial charge in [0.1, 0.15) is 11.9 Å². The summed E-state index contributed by atoms with van der Waals surface area (Å²) in [6.45, 7) is 8.69. The van der Waals surface area contributed by atoms with Gasteiger partial charge in [0.25, 0.3) is 0 Å². The van der Waals surface area contributed by atoms with E-state index in [2.05, 4.69) is 23.8 Å². The summed E-state index contributed by atoms with van der Waals surface area (Å²) in [4.78, 5) is 8.61. The van der Waals surface area contributed by atoms with E-state index in [1.165, 1.54) is 0 Å². The monoisotopic (exact) mass is 209 g/mol. The zero-order valence-corrected chi connectivity index (χ0v) is 9.82. The number of ether oxygens (including phenoxy) is 1. The summed E-state index contributed by atoms with van der Waals surface area (Å²) < 4.78 is 5.44. The Hall–Kier alpha value is -1.16. The summed E-state index contributed by atoms with van der Waals surface area (Å²) in [5, 5.41) is 0. The number of nitrogens with zero attached hydrogens (tertiary/aromatic N) is 2. The number of rotatable bonds is 4. The van der Waals surface area contributed by atoms with Crippen molar-refractivity contribution in [2.45, 2.75) is 39.7 Å². The molecule has 0 amide bonds. The van der Waals surface area contributed by atoms with Gasteiger partial charge in [-0.1, -0.05) is 13.8 Å². The first kappa shape index (κ1) is 11.9. The fourth-order valence-electron chi connectivity index (χ4n) is 1.31. The van der Waals surface area contributed by atoms with Crippen LogP contribution in [0.5, 0.6) is 0 Å². The summed E-state index contributed by atoms with van der Waals surface area (Å²) in [5.74, 6) is 1.53. The summed E-state index contributed by atoms with van der Waals surface area (Å²) in [6.07, 6.45) is -0.101. The number of hydrogen-bond acceptors (Lipinski definition) is 4. The Morgan fingerprint density at radius 1 is 1.33 bits per heavy atom. The third kappa shape index (κ3) is 3.16. The van der Waals surface area contributed by atoms with Crippen molar-refractivity contribution in [1.82, 2.24) is 9.97 Å². The van der Waals surface area contributed by atoms with Gasteiger partial charge in [0, 0.05) is 18.4 Å². The van der Waals surface area contributed by atoms with Crippen molar-refractivity contribution < 1.29 is 4.74 Å². The Kier molecular flexibility index (Phi) is 4.03. The molecule has 0 saturated heterocycles. The fourth-order valence-corrected chi connectivity index (χ4v) is 1.31. The average molecular weight is 209 g/mol. The molecule has 0 aromatic carbocycles. The van der Waals surface area contributed by atoms with Gasteiger partial charge in [-0.2, -0.15) is 0 Å². The molecule has 0 aliphatic carbocycles. The van der Waals surface area contributed by atoms with Crippen LogP contribution in [0, 0.1) is 0 Å². The van der Waals surface area contributed by atoms with Crippen molar-refractivity contribution >= 4 is 5.82 Å². The van der Waals surface area contributed by atoms with Crippen molar-refractivity contribution in [1.29, 1.82) is 0 Å². The average Bonchev–Trinajstić information content (AvgIpc) is 2.17. The van der Waals surface area contributed by atoms with E-state index < -0.39 is 0 Å². The van der Waals surface area contributed by atoms with Crippen LogP contribution in [-0.4, -0.2) is 16.6 Å². The molecule has 84 valence electrons. The largest absolute Gasteiger partial charge is 0.384 e. The molecule has 0 bridgehead atoms. The van der Waals surface area contributed by atoms with Crippen molar-refractivity contribution in [3.8, 4) is 0 Å². The van der Waals surface area contributed by atoms with E-state index >= 15 is 0 Å². The van der Waals surface area contributed by atoms with Crippen molar-refractivity contribution in [2.24, 2.45) is 0 Å². The summed E-state index contributed by atoms with van der Waals surface area (Å²) in [6, 6.07) is 1.81. The van der Waals surface area contributed by atoms with E-state index in [0.29, 0.717) is 24.2 Å². The predicted octanol–water partition coefficient (Wildman–Crippen LogP) is 2.28. The molecule has 2 N–H and O–H groups in total. The first-order valence-corrected chi connectivity index (χ1v) is 5.30. The molecule has 1 aromatic heterocycles. The van der Waals surface area contributed by atoms with Crippen LogP contribution in [0.1, 0.15) is 51.2 Å². The van der Waals surface area contributed by atoms with Crippen LogP contribution in [0.3, 0.4) is 0 Å². The van der Waals surface area contributed by atoms with Gasteiger partial charge in [-0.3, -0.25) is 0 Å². The maximum atomic E-state index is 5.72. The van der Waals surface area contributed by atoms with Crippen LogP contribution in [0.25, 0.3) is 0 Å². The molecule has 4 nitrogen and oxygen atoms in total. The van der Waals surface area contributed by atoms with E-state index in [9.17, 15) is 0 Å².